The zero-order valence-corrected chi connectivity index (χ0v) is 7.55. The fourth-order valence-electron chi connectivity index (χ4n) is 1.50. The second-order valence-electron chi connectivity index (χ2n) is 3.36. The van der Waals surface area contributed by atoms with Crippen molar-refractivity contribution in [1.29, 1.82) is 0 Å². The van der Waals surface area contributed by atoms with E-state index in [9.17, 15) is 0 Å². The maximum Gasteiger partial charge on any atom is 0.0860 e. The largest absolute Gasteiger partial charge is 0.378 e. The molecule has 1 heterocycles. The highest BCUT2D eigenvalue weighted by Gasteiger charge is 2.26. The van der Waals surface area contributed by atoms with Crippen LogP contribution in [0.4, 0.5) is 0 Å². The standard InChI is InChI=1S/C8H18N2O/c1-6(2)10-7-4-9-5-8(7)11-3/h6-10H,4-5H2,1-3H3/t7-,8-/m0/s1. The summed E-state index contributed by atoms with van der Waals surface area (Å²) < 4.78 is 5.30. The van der Waals surface area contributed by atoms with E-state index < -0.39 is 0 Å². The van der Waals surface area contributed by atoms with Gasteiger partial charge in [-0.25, -0.2) is 0 Å². The molecule has 1 rings (SSSR count). The van der Waals surface area contributed by atoms with E-state index in [2.05, 4.69) is 24.5 Å². The van der Waals surface area contributed by atoms with Gasteiger partial charge in [-0.1, -0.05) is 13.8 Å². The van der Waals surface area contributed by atoms with Crippen molar-refractivity contribution < 1.29 is 4.74 Å². The summed E-state index contributed by atoms with van der Waals surface area (Å²) in [6.45, 7) is 6.31. The predicted octanol–water partition coefficient (Wildman–Crippen LogP) is -0.0288. The molecule has 0 aromatic rings. The van der Waals surface area contributed by atoms with Gasteiger partial charge in [-0.3, -0.25) is 0 Å². The topological polar surface area (TPSA) is 33.3 Å². The van der Waals surface area contributed by atoms with E-state index >= 15 is 0 Å². The Hall–Kier alpha value is -0.120. The lowest BCUT2D eigenvalue weighted by Crippen LogP contribution is -2.43. The van der Waals surface area contributed by atoms with Crippen molar-refractivity contribution in [2.24, 2.45) is 0 Å². The second-order valence-corrected chi connectivity index (χ2v) is 3.36. The van der Waals surface area contributed by atoms with Gasteiger partial charge in [0.2, 0.25) is 0 Å². The molecule has 2 N–H and O–H groups in total. The monoisotopic (exact) mass is 158 g/mol. The van der Waals surface area contributed by atoms with Crippen LogP contribution in [0, 0.1) is 0 Å². The minimum atomic E-state index is 0.345. The van der Waals surface area contributed by atoms with Crippen LogP contribution in [0.5, 0.6) is 0 Å². The number of nitrogens with one attached hydrogen (secondary N) is 2. The second kappa shape index (κ2) is 4.04. The van der Waals surface area contributed by atoms with E-state index in [1.807, 2.05) is 0 Å². The normalized spacial score (nSPS) is 31.6. The summed E-state index contributed by atoms with van der Waals surface area (Å²) in [6.07, 6.45) is 0.345. The maximum absolute atomic E-state index is 5.30. The van der Waals surface area contributed by atoms with Crippen molar-refractivity contribution in [2.75, 3.05) is 20.2 Å². The van der Waals surface area contributed by atoms with E-state index in [1.54, 1.807) is 7.11 Å². The van der Waals surface area contributed by atoms with Crippen molar-refractivity contribution in [2.45, 2.75) is 32.0 Å². The zero-order chi connectivity index (χ0) is 8.27. The maximum atomic E-state index is 5.30. The fourth-order valence-corrected chi connectivity index (χ4v) is 1.50. The molecule has 0 unspecified atom stereocenters. The molecular formula is C8H18N2O. The van der Waals surface area contributed by atoms with Gasteiger partial charge in [0.15, 0.2) is 0 Å². The smallest absolute Gasteiger partial charge is 0.0860 e. The molecule has 0 saturated carbocycles. The molecule has 0 aromatic heterocycles. The van der Waals surface area contributed by atoms with E-state index in [0.717, 1.165) is 13.1 Å². The van der Waals surface area contributed by atoms with Crippen molar-refractivity contribution in [3.63, 3.8) is 0 Å². The van der Waals surface area contributed by atoms with Gasteiger partial charge in [-0.05, 0) is 0 Å². The van der Waals surface area contributed by atoms with Gasteiger partial charge in [0.1, 0.15) is 0 Å². The van der Waals surface area contributed by atoms with E-state index in [1.165, 1.54) is 0 Å². The molecule has 0 radical (unpaired) electrons. The van der Waals surface area contributed by atoms with Crippen LogP contribution in [0.1, 0.15) is 13.8 Å². The Morgan fingerprint density at radius 2 is 2.18 bits per heavy atom. The first kappa shape index (κ1) is 8.97. The number of rotatable bonds is 3. The van der Waals surface area contributed by atoms with Crippen LogP contribution in [-0.4, -0.2) is 38.4 Å². The lowest BCUT2D eigenvalue weighted by atomic mass is 10.2. The summed E-state index contributed by atoms with van der Waals surface area (Å²) in [5, 5.41) is 6.75. The van der Waals surface area contributed by atoms with Crippen molar-refractivity contribution in [3.8, 4) is 0 Å². The summed E-state index contributed by atoms with van der Waals surface area (Å²) >= 11 is 0. The number of ether oxygens (including phenoxy) is 1. The first-order chi connectivity index (χ1) is 5.24. The van der Waals surface area contributed by atoms with Crippen LogP contribution in [0.15, 0.2) is 0 Å². The minimum Gasteiger partial charge on any atom is -0.378 e. The average Bonchev–Trinajstić information content (AvgIpc) is 2.34. The highest BCUT2D eigenvalue weighted by atomic mass is 16.5. The van der Waals surface area contributed by atoms with Crippen LogP contribution < -0.4 is 10.6 Å². The third-order valence-electron chi connectivity index (χ3n) is 2.01. The van der Waals surface area contributed by atoms with Crippen molar-refractivity contribution in [3.05, 3.63) is 0 Å². The van der Waals surface area contributed by atoms with E-state index in [-0.39, 0.29) is 0 Å². The highest BCUT2D eigenvalue weighted by Crippen LogP contribution is 2.04. The Morgan fingerprint density at radius 1 is 1.45 bits per heavy atom. The Labute approximate surface area is 68.5 Å². The van der Waals surface area contributed by atoms with Gasteiger partial charge in [-0.2, -0.15) is 0 Å². The first-order valence-corrected chi connectivity index (χ1v) is 4.23. The molecule has 3 nitrogen and oxygen atoms in total. The first-order valence-electron chi connectivity index (χ1n) is 4.23. The summed E-state index contributed by atoms with van der Waals surface area (Å²) in [5.74, 6) is 0. The molecular weight excluding hydrogens is 140 g/mol. The molecule has 66 valence electrons. The van der Waals surface area contributed by atoms with Gasteiger partial charge in [0.05, 0.1) is 6.10 Å². The molecule has 2 atom stereocenters. The van der Waals surface area contributed by atoms with E-state index in [0.29, 0.717) is 18.2 Å². The number of methoxy groups -OCH3 is 1. The summed E-state index contributed by atoms with van der Waals surface area (Å²) in [6, 6.07) is 1.03. The van der Waals surface area contributed by atoms with Crippen molar-refractivity contribution in [1.82, 2.24) is 10.6 Å². The Bertz CT molecular complexity index is 117. The molecule has 0 aliphatic carbocycles. The highest BCUT2D eigenvalue weighted by molar-refractivity contribution is 4.88. The molecule has 1 saturated heterocycles. The molecule has 1 aliphatic rings. The Morgan fingerprint density at radius 3 is 2.73 bits per heavy atom. The minimum absolute atomic E-state index is 0.345. The van der Waals surface area contributed by atoms with Crippen molar-refractivity contribution >= 4 is 0 Å². The van der Waals surface area contributed by atoms with Gasteiger partial charge in [0, 0.05) is 32.3 Å². The molecule has 1 aliphatic heterocycles. The molecule has 11 heavy (non-hydrogen) atoms. The lowest BCUT2D eigenvalue weighted by Gasteiger charge is -2.20. The zero-order valence-electron chi connectivity index (χ0n) is 7.55. The molecule has 0 aromatic carbocycles. The third-order valence-corrected chi connectivity index (χ3v) is 2.01. The molecule has 0 bridgehead atoms. The Kier molecular flexibility index (Phi) is 3.30. The summed E-state index contributed by atoms with van der Waals surface area (Å²) in [7, 11) is 1.77. The predicted molar refractivity (Wildman–Crippen MR) is 45.7 cm³/mol. The molecule has 1 fully saturated rings. The van der Waals surface area contributed by atoms with Gasteiger partial charge in [-0.15, -0.1) is 0 Å². The van der Waals surface area contributed by atoms with Gasteiger partial charge in [0.25, 0.3) is 0 Å². The van der Waals surface area contributed by atoms with Gasteiger partial charge >= 0.3 is 0 Å². The lowest BCUT2D eigenvalue weighted by molar-refractivity contribution is 0.0938. The van der Waals surface area contributed by atoms with Crippen LogP contribution >= 0.6 is 0 Å². The number of hydrogen-bond acceptors (Lipinski definition) is 3. The molecule has 3 heteroatoms. The quantitative estimate of drug-likeness (QED) is 0.605. The van der Waals surface area contributed by atoms with Crippen LogP contribution in [0.2, 0.25) is 0 Å². The SMILES string of the molecule is CO[C@H]1CNC[C@@H]1NC(C)C. The average molecular weight is 158 g/mol. The number of hydrogen-bond donors (Lipinski definition) is 2. The summed E-state index contributed by atoms with van der Waals surface area (Å²) in [4.78, 5) is 0. The van der Waals surface area contributed by atoms with Crippen LogP contribution in [-0.2, 0) is 4.74 Å². The molecule has 0 spiro atoms. The Balaban J connectivity index is 2.31. The van der Waals surface area contributed by atoms with Gasteiger partial charge < -0.3 is 15.4 Å². The molecule has 0 amide bonds. The summed E-state index contributed by atoms with van der Waals surface area (Å²) in [5.41, 5.74) is 0. The third kappa shape index (κ3) is 2.43. The fraction of sp³-hybridized carbons (Fsp3) is 1.00. The van der Waals surface area contributed by atoms with Crippen LogP contribution in [0.25, 0.3) is 0 Å². The van der Waals surface area contributed by atoms with Crippen LogP contribution in [0.3, 0.4) is 0 Å². The van der Waals surface area contributed by atoms with E-state index in [4.69, 9.17) is 4.74 Å².